The summed E-state index contributed by atoms with van der Waals surface area (Å²) < 4.78 is 47.4. The van der Waals surface area contributed by atoms with Gasteiger partial charge in [0, 0.05) is 26.4 Å². The Kier molecular flexibility index (Phi) is 22.8. The van der Waals surface area contributed by atoms with E-state index in [1.165, 1.54) is 7.11 Å². The molecule has 1 heterocycles. The Morgan fingerprint density at radius 1 is 0.418 bits per heavy atom. The Hall–Kier alpha value is -8.52. The molecule has 0 radical (unpaired) electrons. The van der Waals surface area contributed by atoms with E-state index in [9.17, 15) is 19.5 Å². The zero-order valence-electron chi connectivity index (χ0n) is 44.3. The van der Waals surface area contributed by atoms with Gasteiger partial charge in [-0.05, 0) is 164 Å². The molecule has 1 aliphatic rings. The van der Waals surface area contributed by atoms with Crippen LogP contribution in [0.1, 0.15) is 93.7 Å². The maximum Gasteiger partial charge on any atom is 0.306 e. The standard InChI is InChI=1S/C64H65N3O12/c1-72-64-63(79-60(71)13-7-4-10-40-75-56-36-30-53(31-37-56)50-24-18-47(43-67)19-25-50)62(78-59(70)12-6-3-9-39-74-55-34-28-52(29-35-55)49-22-16-46(42-66)17-23-49)61(57(44-68)76-64)77-58(69)11-5-2-8-38-73-54-32-26-51(27-33-54)48-20-14-45(41-65)15-21-48/h14-37,57,61-64,68H,2-13,38-40,44H2,1H3/t57-,61-,62+,63-,64+/m1/s1. The summed E-state index contributed by atoms with van der Waals surface area (Å²) in [5.74, 6) is 0.280. The van der Waals surface area contributed by atoms with Gasteiger partial charge in [-0.2, -0.15) is 15.8 Å². The van der Waals surface area contributed by atoms with Crippen LogP contribution >= 0.6 is 0 Å². The lowest BCUT2D eigenvalue weighted by Crippen LogP contribution is -2.62. The number of ether oxygens (including phenoxy) is 8. The molecule has 1 fully saturated rings. The van der Waals surface area contributed by atoms with Gasteiger partial charge in [0.1, 0.15) is 23.4 Å². The van der Waals surface area contributed by atoms with E-state index in [1.54, 1.807) is 36.4 Å². The van der Waals surface area contributed by atoms with E-state index in [1.807, 2.05) is 109 Å². The number of methoxy groups -OCH3 is 1. The van der Waals surface area contributed by atoms with Crippen LogP contribution in [0.15, 0.2) is 146 Å². The lowest BCUT2D eigenvalue weighted by molar-refractivity contribution is -0.303. The van der Waals surface area contributed by atoms with Gasteiger partial charge in [-0.3, -0.25) is 14.4 Å². The van der Waals surface area contributed by atoms with Crippen molar-refractivity contribution in [3.8, 4) is 68.8 Å². The summed E-state index contributed by atoms with van der Waals surface area (Å²) in [5, 5.41) is 37.8. The monoisotopic (exact) mass is 1070 g/mol. The van der Waals surface area contributed by atoms with Crippen LogP contribution in [0.3, 0.4) is 0 Å². The molecule has 1 aliphatic heterocycles. The molecule has 0 spiro atoms. The molecular formula is C64H65N3O12. The minimum atomic E-state index is -1.36. The molecule has 0 aromatic heterocycles. The van der Waals surface area contributed by atoms with Crippen molar-refractivity contribution in [3.63, 3.8) is 0 Å². The van der Waals surface area contributed by atoms with Crippen LogP contribution in [-0.4, -0.2) is 87.3 Å². The van der Waals surface area contributed by atoms with E-state index in [-0.39, 0.29) is 19.3 Å². The second-order valence-corrected chi connectivity index (χ2v) is 18.9. The van der Waals surface area contributed by atoms with E-state index < -0.39 is 55.2 Å². The average molecular weight is 1070 g/mol. The zero-order valence-corrected chi connectivity index (χ0v) is 44.3. The number of rotatable bonds is 29. The smallest absolute Gasteiger partial charge is 0.306 e. The quantitative estimate of drug-likeness (QED) is 0.0262. The number of unbranched alkanes of at least 4 members (excludes halogenated alkanes) is 6. The normalized spacial score (nSPS) is 16.5. The third-order valence-corrected chi connectivity index (χ3v) is 13.3. The van der Waals surface area contributed by atoms with Crippen molar-refractivity contribution >= 4 is 17.9 Å². The molecule has 0 bridgehead atoms. The number of esters is 3. The summed E-state index contributed by atoms with van der Waals surface area (Å²) in [6.07, 6.45) is -1.09. The molecule has 15 nitrogen and oxygen atoms in total. The molecule has 15 heteroatoms. The first-order valence-corrected chi connectivity index (χ1v) is 26.7. The maximum absolute atomic E-state index is 13.6. The molecule has 1 saturated heterocycles. The number of carbonyl (C=O) groups is 3. The highest BCUT2D eigenvalue weighted by Gasteiger charge is 2.52. The van der Waals surface area contributed by atoms with Gasteiger partial charge in [0.05, 0.1) is 61.3 Å². The maximum atomic E-state index is 13.6. The Balaban J connectivity index is 0.887. The van der Waals surface area contributed by atoms with Gasteiger partial charge < -0.3 is 43.0 Å². The molecule has 5 atom stereocenters. The van der Waals surface area contributed by atoms with E-state index in [0.29, 0.717) is 112 Å². The van der Waals surface area contributed by atoms with Crippen molar-refractivity contribution in [2.75, 3.05) is 33.5 Å². The highest BCUT2D eigenvalue weighted by atomic mass is 16.7. The van der Waals surface area contributed by atoms with Gasteiger partial charge in [0.15, 0.2) is 24.6 Å². The van der Waals surface area contributed by atoms with Crippen LogP contribution in [0.5, 0.6) is 17.2 Å². The number of nitriles is 3. The van der Waals surface area contributed by atoms with Crippen LogP contribution in [-0.2, 0) is 38.1 Å². The summed E-state index contributed by atoms with van der Waals surface area (Å²) in [5.41, 5.74) is 7.74. The van der Waals surface area contributed by atoms with Gasteiger partial charge in [-0.25, -0.2) is 0 Å². The molecule has 1 N–H and O–H groups in total. The van der Waals surface area contributed by atoms with Gasteiger partial charge in [-0.1, -0.05) is 72.8 Å². The Morgan fingerprint density at radius 3 is 1.00 bits per heavy atom. The highest BCUT2D eigenvalue weighted by molar-refractivity contribution is 5.72. The fraction of sp³-hybridized carbons (Fsp3) is 0.344. The summed E-state index contributed by atoms with van der Waals surface area (Å²) in [6, 6.07) is 51.5. The average Bonchev–Trinajstić information content (AvgIpc) is 3.56. The molecule has 6 aromatic carbocycles. The first-order chi connectivity index (χ1) is 38.7. The number of aliphatic hydroxyl groups is 1. The number of carbonyl (C=O) groups excluding carboxylic acids is 3. The SMILES string of the molecule is CO[C@H]1O[C@H](CO)[C@@H](OC(=O)CCCCCOc2ccc(-c3ccc(C#N)cc3)cc2)[C@H](OC(=O)CCCCCOc2ccc(-c3ccc(C#N)cc3)cc2)[C@H]1OC(=O)CCCCCOc1ccc(-c2ccc(C#N)cc2)cc1. The second kappa shape index (κ2) is 31.0. The first kappa shape index (κ1) is 58.2. The highest BCUT2D eigenvalue weighted by Crippen LogP contribution is 2.31. The minimum absolute atomic E-state index is 0.00606. The summed E-state index contributed by atoms with van der Waals surface area (Å²) in [4.78, 5) is 40.6. The van der Waals surface area contributed by atoms with Crippen molar-refractivity contribution in [1.82, 2.24) is 0 Å². The lowest BCUT2D eigenvalue weighted by atomic mass is 9.98. The number of hydrogen-bond acceptors (Lipinski definition) is 15. The Labute approximate surface area is 461 Å². The molecular weight excluding hydrogens is 1000 g/mol. The summed E-state index contributed by atoms with van der Waals surface area (Å²) >= 11 is 0. The second-order valence-electron chi connectivity index (χ2n) is 18.9. The number of hydrogen-bond donors (Lipinski definition) is 1. The van der Waals surface area contributed by atoms with Crippen LogP contribution in [0.25, 0.3) is 33.4 Å². The lowest BCUT2D eigenvalue weighted by Gasteiger charge is -2.43. The molecule has 0 saturated carbocycles. The number of benzene rings is 6. The summed E-state index contributed by atoms with van der Waals surface area (Å²) in [6.45, 7) is 0.654. The fourth-order valence-electron chi connectivity index (χ4n) is 8.91. The number of nitrogens with zero attached hydrogens (tertiary/aromatic N) is 3. The Bertz CT molecular complexity index is 2840. The van der Waals surface area contributed by atoms with Crippen molar-refractivity contribution < 1.29 is 57.4 Å². The topological polar surface area (TPSA) is 217 Å². The third kappa shape index (κ3) is 18.0. The largest absolute Gasteiger partial charge is 0.494 e. The van der Waals surface area contributed by atoms with Gasteiger partial charge in [-0.15, -0.1) is 0 Å². The van der Waals surface area contributed by atoms with Crippen molar-refractivity contribution in [2.45, 2.75) is 108 Å². The zero-order chi connectivity index (χ0) is 55.6. The molecule has 0 amide bonds. The van der Waals surface area contributed by atoms with Crippen LogP contribution < -0.4 is 14.2 Å². The molecule has 408 valence electrons. The fourth-order valence-corrected chi connectivity index (χ4v) is 8.91. The molecule has 6 aromatic rings. The molecule has 0 unspecified atom stereocenters. The van der Waals surface area contributed by atoms with E-state index in [2.05, 4.69) is 18.2 Å². The summed E-state index contributed by atoms with van der Waals surface area (Å²) in [7, 11) is 1.34. The third-order valence-electron chi connectivity index (χ3n) is 13.3. The minimum Gasteiger partial charge on any atom is -0.494 e. The van der Waals surface area contributed by atoms with Crippen LogP contribution in [0, 0.1) is 34.0 Å². The van der Waals surface area contributed by atoms with Gasteiger partial charge in [0.25, 0.3) is 0 Å². The predicted octanol–water partition coefficient (Wildman–Crippen LogP) is 11.6. The van der Waals surface area contributed by atoms with Crippen molar-refractivity contribution in [1.29, 1.82) is 15.8 Å². The van der Waals surface area contributed by atoms with Gasteiger partial charge >= 0.3 is 17.9 Å². The van der Waals surface area contributed by atoms with Crippen LogP contribution in [0.2, 0.25) is 0 Å². The van der Waals surface area contributed by atoms with E-state index in [0.717, 1.165) is 33.4 Å². The Morgan fingerprint density at radius 2 is 0.709 bits per heavy atom. The van der Waals surface area contributed by atoms with Gasteiger partial charge in [0.2, 0.25) is 0 Å². The van der Waals surface area contributed by atoms with E-state index >= 15 is 0 Å². The van der Waals surface area contributed by atoms with Crippen molar-refractivity contribution in [3.05, 3.63) is 162 Å². The first-order valence-electron chi connectivity index (χ1n) is 26.7. The van der Waals surface area contributed by atoms with Crippen LogP contribution in [0.4, 0.5) is 0 Å². The molecule has 7 rings (SSSR count). The predicted molar refractivity (Wildman–Crippen MR) is 294 cm³/mol. The molecule has 0 aliphatic carbocycles. The van der Waals surface area contributed by atoms with Crippen molar-refractivity contribution in [2.24, 2.45) is 0 Å². The van der Waals surface area contributed by atoms with E-state index in [4.69, 9.17) is 53.7 Å². The number of aliphatic hydroxyl groups excluding tert-OH is 1. The molecule has 79 heavy (non-hydrogen) atoms.